The fraction of sp³-hybridized carbons (Fsp3) is 0.500. The van der Waals surface area contributed by atoms with Crippen LogP contribution >= 0.6 is 0 Å². The van der Waals surface area contributed by atoms with Gasteiger partial charge in [-0.3, -0.25) is 10.1 Å². The molecule has 1 fully saturated rings. The van der Waals surface area contributed by atoms with Crippen LogP contribution in [0.1, 0.15) is 17.4 Å². The van der Waals surface area contributed by atoms with E-state index in [1.54, 1.807) is 11.8 Å². The van der Waals surface area contributed by atoms with Gasteiger partial charge in [-0.05, 0) is 13.0 Å². The van der Waals surface area contributed by atoms with Gasteiger partial charge in [0.25, 0.3) is 0 Å². The van der Waals surface area contributed by atoms with Gasteiger partial charge in [-0.2, -0.15) is 0 Å². The molecule has 9 nitrogen and oxygen atoms in total. The van der Waals surface area contributed by atoms with Crippen LogP contribution in [0.2, 0.25) is 0 Å². The van der Waals surface area contributed by atoms with Crippen LogP contribution < -0.4 is 4.90 Å². The van der Waals surface area contributed by atoms with E-state index in [1.165, 1.54) is 0 Å². The lowest BCUT2D eigenvalue weighted by Gasteiger charge is -2.37. The molecule has 0 spiro atoms. The van der Waals surface area contributed by atoms with E-state index in [1.807, 2.05) is 0 Å². The predicted molar refractivity (Wildman–Crippen MR) is 71.5 cm³/mol. The summed E-state index contributed by atoms with van der Waals surface area (Å²) in [5.74, 6) is -1.28. The molecule has 2 N–H and O–H groups in total. The van der Waals surface area contributed by atoms with Gasteiger partial charge in [0, 0.05) is 12.6 Å². The highest BCUT2D eigenvalue weighted by molar-refractivity contribution is 5.86. The minimum Gasteiger partial charge on any atom is -0.477 e. The third kappa shape index (κ3) is 3.09. The normalized spacial score (nSPS) is 22.1. The second-order valence-corrected chi connectivity index (χ2v) is 4.74. The third-order valence-corrected chi connectivity index (χ3v) is 3.25. The molecule has 0 saturated carbocycles. The highest BCUT2D eigenvalue weighted by atomic mass is 16.6. The van der Waals surface area contributed by atoms with Gasteiger partial charge in [0.2, 0.25) is 5.82 Å². The van der Waals surface area contributed by atoms with Crippen molar-refractivity contribution in [2.75, 3.05) is 24.7 Å². The molecule has 2 heterocycles. The van der Waals surface area contributed by atoms with Gasteiger partial charge in [0.15, 0.2) is 5.69 Å². The van der Waals surface area contributed by atoms with E-state index in [0.717, 1.165) is 12.1 Å². The highest BCUT2D eigenvalue weighted by Gasteiger charge is 2.32. The number of aliphatic hydroxyl groups is 1. The monoisotopic (exact) mass is 297 g/mol. The van der Waals surface area contributed by atoms with Crippen LogP contribution in [0.15, 0.2) is 12.1 Å². The molecule has 9 heteroatoms. The second kappa shape index (κ2) is 6.02. The molecule has 114 valence electrons. The zero-order valence-corrected chi connectivity index (χ0v) is 11.3. The molecule has 1 aromatic heterocycles. The number of pyridine rings is 1. The molecule has 2 rings (SSSR count). The van der Waals surface area contributed by atoms with Crippen LogP contribution in [0, 0.1) is 10.1 Å². The molecule has 1 aromatic rings. The Balaban J connectivity index is 2.45. The number of hydrogen-bond acceptors (Lipinski definition) is 7. The Morgan fingerprint density at radius 2 is 2.33 bits per heavy atom. The number of aliphatic hydroxyl groups excluding tert-OH is 1. The predicted octanol–water partition coefficient (Wildman–Crippen LogP) is 0.274. The molecule has 1 saturated heterocycles. The molecule has 2 atom stereocenters. The molecule has 2 unspecified atom stereocenters. The Hall–Kier alpha value is -2.26. The number of rotatable bonds is 4. The van der Waals surface area contributed by atoms with Gasteiger partial charge < -0.3 is 19.8 Å². The lowest BCUT2D eigenvalue weighted by molar-refractivity contribution is -0.384. The molecular weight excluding hydrogens is 282 g/mol. The Labute approximate surface area is 119 Å². The summed E-state index contributed by atoms with van der Waals surface area (Å²) in [5.41, 5.74) is -0.541. The van der Waals surface area contributed by atoms with Gasteiger partial charge in [0.05, 0.1) is 30.3 Å². The molecular formula is C12H15N3O6. The van der Waals surface area contributed by atoms with E-state index in [-0.39, 0.29) is 43.0 Å². The fourth-order valence-corrected chi connectivity index (χ4v) is 2.14. The van der Waals surface area contributed by atoms with Crippen LogP contribution in [-0.4, -0.2) is 58.0 Å². The number of aromatic nitrogens is 1. The standard InChI is InChI=1S/C12H15N3O6/c1-7-6-21-8(5-16)4-14(7)11-10(15(19)20)3-2-9(13-11)12(17)18/h2-3,7-8,16H,4-6H2,1H3,(H,17,18). The number of carboxylic acids is 1. The quantitative estimate of drug-likeness (QED) is 0.599. The van der Waals surface area contributed by atoms with Gasteiger partial charge in [-0.1, -0.05) is 0 Å². The lowest BCUT2D eigenvalue weighted by Crippen LogP contribution is -2.50. The first-order valence-electron chi connectivity index (χ1n) is 6.32. The summed E-state index contributed by atoms with van der Waals surface area (Å²) in [4.78, 5) is 27.0. The largest absolute Gasteiger partial charge is 0.477 e. The zero-order valence-electron chi connectivity index (χ0n) is 11.3. The number of nitro groups is 1. The van der Waals surface area contributed by atoms with E-state index < -0.39 is 17.0 Å². The molecule has 0 aliphatic carbocycles. The van der Waals surface area contributed by atoms with Crippen LogP contribution in [0.4, 0.5) is 11.5 Å². The van der Waals surface area contributed by atoms with Gasteiger partial charge >= 0.3 is 11.7 Å². The summed E-state index contributed by atoms with van der Waals surface area (Å²) >= 11 is 0. The van der Waals surface area contributed by atoms with Crippen molar-refractivity contribution in [2.45, 2.75) is 19.1 Å². The number of carbonyl (C=O) groups is 1. The first-order chi connectivity index (χ1) is 9.93. The van der Waals surface area contributed by atoms with Crippen LogP contribution in [0.5, 0.6) is 0 Å². The molecule has 0 aromatic carbocycles. The van der Waals surface area contributed by atoms with E-state index in [2.05, 4.69) is 4.98 Å². The Morgan fingerprint density at radius 3 is 2.90 bits per heavy atom. The number of morpholine rings is 1. The maximum absolute atomic E-state index is 11.1. The highest BCUT2D eigenvalue weighted by Crippen LogP contribution is 2.29. The van der Waals surface area contributed by atoms with Crippen molar-refractivity contribution in [3.05, 3.63) is 27.9 Å². The number of nitrogens with zero attached hydrogens (tertiary/aromatic N) is 3. The summed E-state index contributed by atoms with van der Waals surface area (Å²) in [6.45, 7) is 2.03. The first kappa shape index (κ1) is 15.1. The van der Waals surface area contributed by atoms with E-state index >= 15 is 0 Å². The lowest BCUT2D eigenvalue weighted by atomic mass is 10.2. The molecule has 0 radical (unpaired) electrons. The van der Waals surface area contributed by atoms with Crippen LogP contribution in [0.25, 0.3) is 0 Å². The average Bonchev–Trinajstić information content (AvgIpc) is 2.47. The van der Waals surface area contributed by atoms with E-state index in [4.69, 9.17) is 14.9 Å². The van der Waals surface area contributed by atoms with Crippen LogP contribution in [0.3, 0.4) is 0 Å². The molecule has 1 aliphatic heterocycles. The van der Waals surface area contributed by atoms with E-state index in [0.29, 0.717) is 0 Å². The van der Waals surface area contributed by atoms with Gasteiger partial charge in [-0.15, -0.1) is 0 Å². The number of hydrogen-bond donors (Lipinski definition) is 2. The van der Waals surface area contributed by atoms with Gasteiger partial charge in [0.1, 0.15) is 0 Å². The molecule has 1 aliphatic rings. The molecule has 21 heavy (non-hydrogen) atoms. The van der Waals surface area contributed by atoms with Crippen molar-refractivity contribution < 1.29 is 24.7 Å². The zero-order chi connectivity index (χ0) is 15.6. The summed E-state index contributed by atoms with van der Waals surface area (Å²) < 4.78 is 5.36. The number of anilines is 1. The Kier molecular flexibility index (Phi) is 4.34. The first-order valence-corrected chi connectivity index (χ1v) is 6.32. The van der Waals surface area contributed by atoms with Crippen molar-refractivity contribution in [1.29, 1.82) is 0 Å². The summed E-state index contributed by atoms with van der Waals surface area (Å²) in [5, 5.41) is 29.3. The smallest absolute Gasteiger partial charge is 0.354 e. The molecule has 0 bridgehead atoms. The SMILES string of the molecule is CC1COC(CO)CN1c1nc(C(=O)O)ccc1[N+](=O)[O-]. The van der Waals surface area contributed by atoms with Gasteiger partial charge in [-0.25, -0.2) is 9.78 Å². The summed E-state index contributed by atoms with van der Waals surface area (Å²) in [6, 6.07) is 2.00. The van der Waals surface area contributed by atoms with Crippen molar-refractivity contribution in [1.82, 2.24) is 4.98 Å². The summed E-state index contributed by atoms with van der Waals surface area (Å²) in [7, 11) is 0. The maximum Gasteiger partial charge on any atom is 0.354 e. The van der Waals surface area contributed by atoms with Crippen molar-refractivity contribution in [2.24, 2.45) is 0 Å². The van der Waals surface area contributed by atoms with Crippen molar-refractivity contribution in [3.63, 3.8) is 0 Å². The number of carboxylic acid groups (broad SMARTS) is 1. The topological polar surface area (TPSA) is 126 Å². The van der Waals surface area contributed by atoms with Crippen molar-refractivity contribution in [3.8, 4) is 0 Å². The maximum atomic E-state index is 11.1. The summed E-state index contributed by atoms with van der Waals surface area (Å²) in [6.07, 6.45) is -0.490. The Morgan fingerprint density at radius 1 is 1.62 bits per heavy atom. The Bertz CT molecular complexity index is 564. The number of aromatic carboxylic acids is 1. The minimum atomic E-state index is -1.26. The third-order valence-electron chi connectivity index (χ3n) is 3.25. The average molecular weight is 297 g/mol. The minimum absolute atomic E-state index is 0.0193. The number of ether oxygens (including phenoxy) is 1. The second-order valence-electron chi connectivity index (χ2n) is 4.74. The van der Waals surface area contributed by atoms with Crippen molar-refractivity contribution >= 4 is 17.5 Å². The van der Waals surface area contributed by atoms with E-state index in [9.17, 15) is 14.9 Å². The fourth-order valence-electron chi connectivity index (χ4n) is 2.14. The molecule has 0 amide bonds. The van der Waals surface area contributed by atoms with Crippen LogP contribution in [-0.2, 0) is 4.74 Å².